The highest BCUT2D eigenvalue weighted by Gasteiger charge is 2.42. The molecule has 6 nitrogen and oxygen atoms in total. The normalized spacial score (nSPS) is 31.5. The zero-order valence-corrected chi connectivity index (χ0v) is 10.7. The van der Waals surface area contributed by atoms with Crippen molar-refractivity contribution in [2.45, 2.75) is 50.7 Å². The summed E-state index contributed by atoms with van der Waals surface area (Å²) in [6.07, 6.45) is 3.86. The van der Waals surface area contributed by atoms with Crippen LogP contribution in [0.1, 0.15) is 39.0 Å². The average Bonchev–Trinajstić information content (AvgIpc) is 2.97. The number of nitrogens with zero attached hydrogens (tertiary/aromatic N) is 1. The van der Waals surface area contributed by atoms with Gasteiger partial charge in [0.2, 0.25) is 5.91 Å². The highest BCUT2D eigenvalue weighted by Crippen LogP contribution is 2.31. The maximum absolute atomic E-state index is 12.2. The van der Waals surface area contributed by atoms with E-state index in [1.54, 1.807) is 0 Å². The lowest BCUT2D eigenvalue weighted by atomic mass is 9.94. The molecule has 18 heavy (non-hydrogen) atoms. The van der Waals surface area contributed by atoms with E-state index in [9.17, 15) is 4.79 Å². The molecule has 0 bridgehead atoms. The summed E-state index contributed by atoms with van der Waals surface area (Å²) < 4.78 is 5.44. The molecule has 0 spiro atoms. The molecule has 102 valence electrons. The largest absolute Gasteiger partial charge is 0.409 e. The van der Waals surface area contributed by atoms with Crippen molar-refractivity contribution in [3.63, 3.8) is 0 Å². The quantitative estimate of drug-likeness (QED) is 0.297. The number of oxime groups is 1. The molecule has 2 rings (SSSR count). The third kappa shape index (κ3) is 2.29. The van der Waals surface area contributed by atoms with Crippen LogP contribution in [-0.4, -0.2) is 35.2 Å². The van der Waals surface area contributed by atoms with Crippen LogP contribution in [-0.2, 0) is 9.53 Å². The molecule has 6 heteroatoms. The Kier molecular flexibility index (Phi) is 3.75. The van der Waals surface area contributed by atoms with Crippen LogP contribution in [0.25, 0.3) is 0 Å². The van der Waals surface area contributed by atoms with Crippen LogP contribution in [0.2, 0.25) is 0 Å². The van der Waals surface area contributed by atoms with E-state index in [1.807, 2.05) is 6.92 Å². The van der Waals surface area contributed by atoms with E-state index in [1.165, 1.54) is 0 Å². The Balaban J connectivity index is 2.08. The maximum atomic E-state index is 12.2. The first kappa shape index (κ1) is 13.1. The van der Waals surface area contributed by atoms with Crippen LogP contribution >= 0.6 is 0 Å². The molecular weight excluding hydrogens is 234 g/mol. The van der Waals surface area contributed by atoms with Gasteiger partial charge < -0.3 is 21.0 Å². The highest BCUT2D eigenvalue weighted by atomic mass is 16.5. The fourth-order valence-corrected chi connectivity index (χ4v) is 2.86. The van der Waals surface area contributed by atoms with Crippen LogP contribution in [0.15, 0.2) is 5.16 Å². The summed E-state index contributed by atoms with van der Waals surface area (Å²) in [5.41, 5.74) is 5.06. The van der Waals surface area contributed by atoms with Crippen molar-refractivity contribution in [1.29, 1.82) is 0 Å². The lowest BCUT2D eigenvalue weighted by molar-refractivity contribution is -0.132. The molecular formula is C12H21N3O3. The highest BCUT2D eigenvalue weighted by molar-refractivity contribution is 5.95. The molecule has 2 unspecified atom stereocenters. The summed E-state index contributed by atoms with van der Waals surface area (Å²) in [5, 5.41) is 14.9. The van der Waals surface area contributed by atoms with Gasteiger partial charge >= 0.3 is 0 Å². The number of nitrogens with two attached hydrogens (primary N) is 1. The lowest BCUT2D eigenvalue weighted by Crippen LogP contribution is -2.58. The van der Waals surface area contributed by atoms with Gasteiger partial charge in [-0.25, -0.2) is 0 Å². The van der Waals surface area contributed by atoms with E-state index in [-0.39, 0.29) is 17.7 Å². The molecule has 4 N–H and O–H groups in total. The second kappa shape index (κ2) is 5.14. The van der Waals surface area contributed by atoms with Crippen LogP contribution in [0.5, 0.6) is 0 Å². The van der Waals surface area contributed by atoms with E-state index < -0.39 is 11.6 Å². The Morgan fingerprint density at radius 1 is 1.50 bits per heavy atom. The Labute approximate surface area is 107 Å². The van der Waals surface area contributed by atoms with Gasteiger partial charge in [-0.1, -0.05) is 24.9 Å². The van der Waals surface area contributed by atoms with Crippen molar-refractivity contribution in [2.24, 2.45) is 16.8 Å². The monoisotopic (exact) mass is 255 g/mol. The molecule has 1 amide bonds. The summed E-state index contributed by atoms with van der Waals surface area (Å²) in [6.45, 7) is 2.62. The number of rotatable bonds is 3. The van der Waals surface area contributed by atoms with Crippen LogP contribution in [0.3, 0.4) is 0 Å². The minimum atomic E-state index is -0.683. The van der Waals surface area contributed by atoms with Crippen molar-refractivity contribution in [3.8, 4) is 0 Å². The third-order valence-corrected chi connectivity index (χ3v) is 4.06. The summed E-state index contributed by atoms with van der Waals surface area (Å²) in [7, 11) is 0. The number of amidine groups is 1. The number of amides is 1. The predicted molar refractivity (Wildman–Crippen MR) is 66.3 cm³/mol. The molecule has 1 heterocycles. The van der Waals surface area contributed by atoms with E-state index >= 15 is 0 Å². The van der Waals surface area contributed by atoms with Crippen LogP contribution in [0, 0.1) is 5.92 Å². The fourth-order valence-electron chi connectivity index (χ4n) is 2.86. The molecule has 2 fully saturated rings. The summed E-state index contributed by atoms with van der Waals surface area (Å²) in [4.78, 5) is 12.2. The van der Waals surface area contributed by atoms with Gasteiger partial charge in [-0.2, -0.15) is 0 Å². The van der Waals surface area contributed by atoms with Gasteiger partial charge in [0.1, 0.15) is 11.6 Å². The SMILES string of the molecule is CC1CCOC1C(=O)NC1(C(N)=NO)CCCC1. The van der Waals surface area contributed by atoms with Gasteiger partial charge in [0.25, 0.3) is 0 Å². The van der Waals surface area contributed by atoms with Gasteiger partial charge in [-0.3, -0.25) is 4.79 Å². The van der Waals surface area contributed by atoms with Gasteiger partial charge in [0, 0.05) is 6.61 Å². The van der Waals surface area contributed by atoms with Gasteiger partial charge in [-0.05, 0) is 25.2 Å². The molecule has 2 atom stereocenters. The second-order valence-electron chi connectivity index (χ2n) is 5.32. The van der Waals surface area contributed by atoms with E-state index in [2.05, 4.69) is 10.5 Å². The molecule has 0 radical (unpaired) electrons. The molecule has 1 aliphatic carbocycles. The van der Waals surface area contributed by atoms with Crippen molar-refractivity contribution in [1.82, 2.24) is 5.32 Å². The van der Waals surface area contributed by atoms with Gasteiger partial charge in [-0.15, -0.1) is 0 Å². The number of hydrogen-bond donors (Lipinski definition) is 3. The Hall–Kier alpha value is -1.30. The van der Waals surface area contributed by atoms with Crippen molar-refractivity contribution in [3.05, 3.63) is 0 Å². The van der Waals surface area contributed by atoms with Crippen molar-refractivity contribution < 1.29 is 14.7 Å². The van der Waals surface area contributed by atoms with E-state index in [0.717, 1.165) is 32.1 Å². The van der Waals surface area contributed by atoms with Gasteiger partial charge in [0.05, 0.1) is 0 Å². The molecule has 1 aliphatic heterocycles. The van der Waals surface area contributed by atoms with Crippen molar-refractivity contribution >= 4 is 11.7 Å². The Morgan fingerprint density at radius 2 is 2.17 bits per heavy atom. The van der Waals surface area contributed by atoms with E-state index in [0.29, 0.717) is 6.61 Å². The minimum absolute atomic E-state index is 0.0963. The smallest absolute Gasteiger partial charge is 0.250 e. The second-order valence-corrected chi connectivity index (χ2v) is 5.32. The zero-order valence-electron chi connectivity index (χ0n) is 10.7. The Morgan fingerprint density at radius 3 is 2.67 bits per heavy atom. The van der Waals surface area contributed by atoms with Crippen molar-refractivity contribution in [2.75, 3.05) is 6.61 Å². The minimum Gasteiger partial charge on any atom is -0.409 e. The number of carbonyl (C=O) groups excluding carboxylic acids is 1. The number of ether oxygens (including phenoxy) is 1. The lowest BCUT2D eigenvalue weighted by Gasteiger charge is -2.30. The Bertz CT molecular complexity index is 350. The topological polar surface area (TPSA) is 96.9 Å². The average molecular weight is 255 g/mol. The fraction of sp³-hybridized carbons (Fsp3) is 0.833. The molecule has 1 saturated heterocycles. The number of nitrogens with one attached hydrogen (secondary N) is 1. The summed E-state index contributed by atoms with van der Waals surface area (Å²) in [5.74, 6) is 0.170. The molecule has 1 saturated carbocycles. The van der Waals surface area contributed by atoms with Crippen LogP contribution in [0.4, 0.5) is 0 Å². The number of hydrogen-bond acceptors (Lipinski definition) is 4. The first-order valence-electron chi connectivity index (χ1n) is 6.51. The number of carbonyl (C=O) groups is 1. The predicted octanol–water partition coefficient (Wildman–Crippen LogP) is 0.587. The zero-order chi connectivity index (χ0) is 13.2. The standard InChI is InChI=1S/C12H21N3O3/c1-8-4-7-18-9(8)10(16)14-12(11(13)15-17)5-2-3-6-12/h8-9,17H,2-7H2,1H3,(H2,13,15)(H,14,16). The first-order valence-corrected chi connectivity index (χ1v) is 6.51. The van der Waals surface area contributed by atoms with Gasteiger partial charge in [0.15, 0.2) is 5.84 Å². The maximum Gasteiger partial charge on any atom is 0.250 e. The molecule has 0 aromatic carbocycles. The summed E-state index contributed by atoms with van der Waals surface area (Å²) >= 11 is 0. The molecule has 0 aromatic rings. The van der Waals surface area contributed by atoms with Crippen LogP contribution < -0.4 is 11.1 Å². The molecule has 0 aromatic heterocycles. The summed E-state index contributed by atoms with van der Waals surface area (Å²) in [6, 6.07) is 0. The third-order valence-electron chi connectivity index (χ3n) is 4.06. The van der Waals surface area contributed by atoms with E-state index in [4.69, 9.17) is 15.7 Å². The molecule has 2 aliphatic rings. The first-order chi connectivity index (χ1) is 8.59.